The Morgan fingerprint density at radius 2 is 1.69 bits per heavy atom. The van der Waals surface area contributed by atoms with Gasteiger partial charge in [-0.3, -0.25) is 10.1 Å². The molecule has 1 aromatic heterocycles. The smallest absolute Gasteiger partial charge is 0.258 e. The highest BCUT2D eigenvalue weighted by Gasteiger charge is 2.27. The molecule has 4 rings (SSSR count). The summed E-state index contributed by atoms with van der Waals surface area (Å²) in [5, 5.41) is 6.89. The molecule has 8 nitrogen and oxygen atoms in total. The fraction of sp³-hybridized carbons (Fsp3) is 0.250. The van der Waals surface area contributed by atoms with Crippen LogP contribution in [0.15, 0.2) is 65.8 Å². The molecule has 29 heavy (non-hydrogen) atoms. The summed E-state index contributed by atoms with van der Waals surface area (Å²) in [6.07, 6.45) is 3.31. The van der Waals surface area contributed by atoms with Crippen molar-refractivity contribution in [3.05, 3.63) is 72.1 Å². The first kappa shape index (κ1) is 19.3. The van der Waals surface area contributed by atoms with E-state index in [4.69, 9.17) is 0 Å². The minimum absolute atomic E-state index is 0.194. The maximum Gasteiger partial charge on any atom is 0.258 e. The van der Waals surface area contributed by atoms with Crippen LogP contribution in [0.4, 0.5) is 5.95 Å². The second-order valence-electron chi connectivity index (χ2n) is 6.84. The minimum Gasteiger partial charge on any atom is -0.289 e. The molecule has 0 aliphatic carbocycles. The number of anilines is 1. The van der Waals surface area contributed by atoms with E-state index >= 15 is 0 Å². The molecule has 1 aliphatic heterocycles. The Bertz CT molecular complexity index is 1090. The Labute approximate surface area is 169 Å². The molecule has 1 N–H and O–H groups in total. The van der Waals surface area contributed by atoms with E-state index in [0.717, 1.165) is 18.4 Å². The molecule has 1 fully saturated rings. The number of carbonyl (C=O) groups excluding carboxylic acids is 1. The Kier molecular flexibility index (Phi) is 5.41. The zero-order chi connectivity index (χ0) is 20.3. The molecule has 0 unspecified atom stereocenters. The van der Waals surface area contributed by atoms with Gasteiger partial charge in [-0.05, 0) is 42.7 Å². The van der Waals surface area contributed by atoms with Crippen molar-refractivity contribution in [1.29, 1.82) is 0 Å². The lowest BCUT2D eigenvalue weighted by atomic mass is 10.2. The standard InChI is InChI=1S/C20H21N5O3S/c26-19(22-20-21-15-24(23-20)14-16-6-2-1-3-7-16)17-8-10-18(11-9-17)29(27,28)25-12-4-5-13-25/h1-3,6-11,15H,4-5,12-14H2,(H,22,23,26). The lowest BCUT2D eigenvalue weighted by Gasteiger charge is -2.15. The molecular formula is C20H21N5O3S. The van der Waals surface area contributed by atoms with E-state index < -0.39 is 15.9 Å². The third kappa shape index (κ3) is 4.36. The first-order valence-corrected chi connectivity index (χ1v) is 10.8. The topological polar surface area (TPSA) is 97.2 Å². The second-order valence-corrected chi connectivity index (χ2v) is 8.78. The summed E-state index contributed by atoms with van der Waals surface area (Å²) in [5.74, 6) is -0.202. The third-order valence-electron chi connectivity index (χ3n) is 4.77. The van der Waals surface area contributed by atoms with Gasteiger partial charge >= 0.3 is 0 Å². The first-order valence-electron chi connectivity index (χ1n) is 9.37. The lowest BCUT2D eigenvalue weighted by molar-refractivity contribution is 0.102. The number of hydrogen-bond donors (Lipinski definition) is 1. The number of aromatic nitrogens is 3. The predicted molar refractivity (Wildman–Crippen MR) is 108 cm³/mol. The van der Waals surface area contributed by atoms with Crippen molar-refractivity contribution >= 4 is 21.9 Å². The van der Waals surface area contributed by atoms with E-state index in [9.17, 15) is 13.2 Å². The molecule has 0 radical (unpaired) electrons. The van der Waals surface area contributed by atoms with Crippen LogP contribution in [-0.4, -0.2) is 46.5 Å². The normalized spacial score (nSPS) is 14.8. The van der Waals surface area contributed by atoms with Crippen molar-refractivity contribution < 1.29 is 13.2 Å². The first-order chi connectivity index (χ1) is 14.0. The number of rotatable bonds is 6. The van der Waals surface area contributed by atoms with Gasteiger partial charge in [-0.2, -0.15) is 4.31 Å². The quantitative estimate of drug-likeness (QED) is 0.672. The van der Waals surface area contributed by atoms with Gasteiger partial charge in [-0.25, -0.2) is 18.1 Å². The molecule has 2 aromatic carbocycles. The third-order valence-corrected chi connectivity index (χ3v) is 6.68. The lowest BCUT2D eigenvalue weighted by Crippen LogP contribution is -2.27. The Morgan fingerprint density at radius 3 is 2.38 bits per heavy atom. The van der Waals surface area contributed by atoms with E-state index in [-0.39, 0.29) is 10.8 Å². The highest BCUT2D eigenvalue weighted by Crippen LogP contribution is 2.21. The Hall–Kier alpha value is -3.04. The number of nitrogens with zero attached hydrogens (tertiary/aromatic N) is 4. The fourth-order valence-corrected chi connectivity index (χ4v) is 4.75. The fourth-order valence-electron chi connectivity index (χ4n) is 3.23. The van der Waals surface area contributed by atoms with Gasteiger partial charge in [0.15, 0.2) is 0 Å². The summed E-state index contributed by atoms with van der Waals surface area (Å²) in [6.45, 7) is 1.64. The van der Waals surface area contributed by atoms with Crippen molar-refractivity contribution in [2.24, 2.45) is 0 Å². The summed E-state index contributed by atoms with van der Waals surface area (Å²) in [5.41, 5.74) is 1.41. The van der Waals surface area contributed by atoms with Crippen LogP contribution in [0.1, 0.15) is 28.8 Å². The summed E-state index contributed by atoms with van der Waals surface area (Å²) in [7, 11) is -3.49. The highest BCUT2D eigenvalue weighted by molar-refractivity contribution is 7.89. The summed E-state index contributed by atoms with van der Waals surface area (Å²) in [4.78, 5) is 16.7. The van der Waals surface area contributed by atoms with Crippen LogP contribution in [0, 0.1) is 0 Å². The number of benzene rings is 2. The molecule has 0 bridgehead atoms. The Morgan fingerprint density at radius 1 is 1.00 bits per heavy atom. The molecule has 9 heteroatoms. The SMILES string of the molecule is O=C(Nc1ncn(Cc2ccccc2)n1)c1ccc(S(=O)(=O)N2CCCC2)cc1. The van der Waals surface area contributed by atoms with Gasteiger partial charge in [-0.1, -0.05) is 30.3 Å². The van der Waals surface area contributed by atoms with Crippen molar-refractivity contribution in [1.82, 2.24) is 19.1 Å². The van der Waals surface area contributed by atoms with Gasteiger partial charge in [0.05, 0.1) is 11.4 Å². The number of hydrogen-bond acceptors (Lipinski definition) is 5. The zero-order valence-electron chi connectivity index (χ0n) is 15.7. The van der Waals surface area contributed by atoms with Crippen molar-refractivity contribution in [2.45, 2.75) is 24.3 Å². The van der Waals surface area contributed by atoms with Crippen molar-refractivity contribution in [3.8, 4) is 0 Å². The van der Waals surface area contributed by atoms with Crippen LogP contribution in [0.2, 0.25) is 0 Å². The van der Waals surface area contributed by atoms with E-state index in [0.29, 0.717) is 25.2 Å². The average molecular weight is 411 g/mol. The number of carbonyl (C=O) groups is 1. The van der Waals surface area contributed by atoms with Gasteiger partial charge in [0.1, 0.15) is 6.33 Å². The Balaban J connectivity index is 1.41. The second kappa shape index (κ2) is 8.14. The zero-order valence-corrected chi connectivity index (χ0v) is 16.5. The molecule has 0 spiro atoms. The molecule has 1 saturated heterocycles. The van der Waals surface area contributed by atoms with Crippen LogP contribution in [0.5, 0.6) is 0 Å². The van der Waals surface area contributed by atoms with Gasteiger partial charge in [0.25, 0.3) is 5.91 Å². The number of nitrogens with one attached hydrogen (secondary N) is 1. The molecule has 150 valence electrons. The summed E-state index contributed by atoms with van der Waals surface area (Å²) in [6, 6.07) is 15.7. The van der Waals surface area contributed by atoms with E-state index in [1.54, 1.807) is 11.0 Å². The van der Waals surface area contributed by atoms with E-state index in [2.05, 4.69) is 15.4 Å². The molecule has 1 aliphatic rings. The van der Waals surface area contributed by atoms with Crippen molar-refractivity contribution in [3.63, 3.8) is 0 Å². The van der Waals surface area contributed by atoms with E-state index in [1.807, 2.05) is 30.3 Å². The molecule has 0 atom stereocenters. The van der Waals surface area contributed by atoms with Crippen LogP contribution in [0.25, 0.3) is 0 Å². The molecule has 2 heterocycles. The van der Waals surface area contributed by atoms with E-state index in [1.165, 1.54) is 28.6 Å². The minimum atomic E-state index is -3.49. The predicted octanol–water partition coefficient (Wildman–Crippen LogP) is 2.36. The monoisotopic (exact) mass is 411 g/mol. The van der Waals surface area contributed by atoms with Crippen LogP contribution in [-0.2, 0) is 16.6 Å². The highest BCUT2D eigenvalue weighted by atomic mass is 32.2. The number of sulfonamides is 1. The average Bonchev–Trinajstić information content (AvgIpc) is 3.42. The number of amides is 1. The molecule has 0 saturated carbocycles. The van der Waals surface area contributed by atoms with Crippen LogP contribution in [0.3, 0.4) is 0 Å². The van der Waals surface area contributed by atoms with Crippen molar-refractivity contribution in [2.75, 3.05) is 18.4 Å². The molecular weight excluding hydrogens is 390 g/mol. The van der Waals surface area contributed by atoms with Gasteiger partial charge in [-0.15, -0.1) is 5.10 Å². The molecule has 3 aromatic rings. The largest absolute Gasteiger partial charge is 0.289 e. The maximum absolute atomic E-state index is 12.6. The van der Waals surface area contributed by atoms with Gasteiger partial charge < -0.3 is 0 Å². The molecule has 1 amide bonds. The van der Waals surface area contributed by atoms with Crippen LogP contribution >= 0.6 is 0 Å². The summed E-state index contributed by atoms with van der Waals surface area (Å²) >= 11 is 0. The van der Waals surface area contributed by atoms with Crippen LogP contribution < -0.4 is 5.32 Å². The van der Waals surface area contributed by atoms with Gasteiger partial charge in [0.2, 0.25) is 16.0 Å². The maximum atomic E-state index is 12.6. The summed E-state index contributed by atoms with van der Waals surface area (Å²) < 4.78 is 28.2. The van der Waals surface area contributed by atoms with Gasteiger partial charge in [0, 0.05) is 18.7 Å².